The topological polar surface area (TPSA) is 86.5 Å². The maximum Gasteiger partial charge on any atom is 0.299 e. The summed E-state index contributed by atoms with van der Waals surface area (Å²) >= 11 is 5.62. The van der Waals surface area contributed by atoms with Crippen LogP contribution in [-0.2, 0) is 11.0 Å². The van der Waals surface area contributed by atoms with Gasteiger partial charge in [0.15, 0.2) is 5.75 Å². The van der Waals surface area contributed by atoms with Gasteiger partial charge in [0, 0.05) is 5.56 Å². The summed E-state index contributed by atoms with van der Waals surface area (Å²) in [5.41, 5.74) is 5.16. The maximum atomic E-state index is 10.7. The first-order valence-electron chi connectivity index (χ1n) is 3.42. The number of thiol groups is 1. The van der Waals surface area contributed by atoms with E-state index in [0.29, 0.717) is 0 Å². The number of benzene rings is 1. The summed E-state index contributed by atoms with van der Waals surface area (Å²) in [6.07, 6.45) is 0. The van der Waals surface area contributed by atoms with E-state index in [2.05, 4.69) is 4.18 Å². The van der Waals surface area contributed by atoms with E-state index in [0.717, 1.165) is 0 Å². The average molecular weight is 236 g/mol. The molecule has 2 N–H and O–H groups in total. The van der Waals surface area contributed by atoms with Gasteiger partial charge in [-0.2, -0.15) is 8.42 Å². The van der Waals surface area contributed by atoms with E-state index in [4.69, 9.17) is 17.3 Å². The van der Waals surface area contributed by atoms with Gasteiger partial charge in [0.2, 0.25) is 5.91 Å². The molecule has 0 unspecified atom stereocenters. The first-order valence-corrected chi connectivity index (χ1v) is 4.90. The fourth-order valence-electron chi connectivity index (χ4n) is 0.808. The van der Waals surface area contributed by atoms with Crippen LogP contribution in [0.5, 0.6) is 5.75 Å². The molecule has 0 atom stereocenters. The Bertz CT molecular complexity index is 435. The van der Waals surface area contributed by atoms with Crippen molar-refractivity contribution >= 4 is 28.5 Å². The Morgan fingerprint density at radius 1 is 1.43 bits per heavy atom. The minimum atomic E-state index is -3.02. The monoisotopic (exact) mass is 235 g/mol. The molecular formula is C7H6ClNO4S. The number of rotatable bonds is 3. The van der Waals surface area contributed by atoms with Crippen molar-refractivity contribution in [2.75, 3.05) is 0 Å². The predicted octanol–water partition coefficient (Wildman–Crippen LogP) is 0.344. The molecule has 0 fully saturated rings. The summed E-state index contributed by atoms with van der Waals surface area (Å²) in [5.74, 6) is -0.683. The van der Waals surface area contributed by atoms with Crippen LogP contribution in [-0.4, -0.2) is 14.3 Å². The van der Waals surface area contributed by atoms with Crippen molar-refractivity contribution < 1.29 is 17.4 Å². The van der Waals surface area contributed by atoms with Gasteiger partial charge in [-0.05, 0) is 18.2 Å². The van der Waals surface area contributed by atoms with Gasteiger partial charge in [-0.1, -0.05) is 11.6 Å². The lowest BCUT2D eigenvalue weighted by atomic mass is 10.2. The van der Waals surface area contributed by atoms with Crippen LogP contribution in [0.4, 0.5) is 0 Å². The zero-order valence-corrected chi connectivity index (χ0v) is 8.42. The van der Waals surface area contributed by atoms with E-state index >= 15 is 0 Å². The highest BCUT2D eigenvalue weighted by Gasteiger charge is 2.06. The molecule has 0 aromatic heterocycles. The van der Waals surface area contributed by atoms with Gasteiger partial charge in [0.25, 0.3) is 11.0 Å². The van der Waals surface area contributed by atoms with Gasteiger partial charge in [-0.25, -0.2) is 0 Å². The van der Waals surface area contributed by atoms with Gasteiger partial charge in [-0.15, -0.1) is 0 Å². The molecule has 1 amide bonds. The van der Waals surface area contributed by atoms with Gasteiger partial charge >= 0.3 is 0 Å². The minimum Gasteiger partial charge on any atom is -0.383 e. The third-order valence-electron chi connectivity index (χ3n) is 1.39. The third kappa shape index (κ3) is 2.61. The molecule has 0 radical (unpaired) electrons. The molecule has 5 nitrogen and oxygen atoms in total. The third-order valence-corrected chi connectivity index (χ3v) is 2.03. The lowest BCUT2D eigenvalue weighted by Gasteiger charge is -2.01. The molecule has 0 saturated heterocycles. The highest BCUT2D eigenvalue weighted by Crippen LogP contribution is 2.25. The lowest BCUT2D eigenvalue weighted by Crippen LogP contribution is -2.10. The SMILES string of the molecule is NC(=O)c1ccc(O[SH](=O)=O)c(Cl)c1. The van der Waals surface area contributed by atoms with E-state index in [9.17, 15) is 13.2 Å². The number of nitrogens with two attached hydrogens (primary N) is 1. The summed E-state index contributed by atoms with van der Waals surface area (Å²) in [6.45, 7) is 0. The second kappa shape index (κ2) is 4.30. The van der Waals surface area contributed by atoms with Gasteiger partial charge in [0.05, 0.1) is 5.02 Å². The van der Waals surface area contributed by atoms with Gasteiger partial charge in [-0.3, -0.25) is 4.79 Å². The van der Waals surface area contributed by atoms with E-state index in [1.54, 1.807) is 0 Å². The van der Waals surface area contributed by atoms with Crippen molar-refractivity contribution in [2.24, 2.45) is 5.73 Å². The summed E-state index contributed by atoms with van der Waals surface area (Å²) in [6, 6.07) is 3.81. The van der Waals surface area contributed by atoms with Crippen molar-refractivity contribution in [1.29, 1.82) is 0 Å². The second-order valence-electron chi connectivity index (χ2n) is 2.32. The molecule has 1 aromatic rings. The largest absolute Gasteiger partial charge is 0.383 e. The van der Waals surface area contributed by atoms with Crippen LogP contribution in [0.15, 0.2) is 18.2 Å². The number of primary amides is 1. The van der Waals surface area contributed by atoms with E-state index in [1.165, 1.54) is 18.2 Å². The molecule has 0 aliphatic rings. The second-order valence-corrected chi connectivity index (χ2v) is 3.36. The number of hydrogen-bond donors (Lipinski definition) is 2. The maximum absolute atomic E-state index is 10.7. The smallest absolute Gasteiger partial charge is 0.299 e. The number of carbonyl (C=O) groups excluding carboxylic acids is 1. The summed E-state index contributed by atoms with van der Waals surface area (Å²) in [5, 5.41) is 0.0144. The molecule has 76 valence electrons. The molecule has 14 heavy (non-hydrogen) atoms. The Morgan fingerprint density at radius 3 is 2.50 bits per heavy atom. The number of halogens is 1. The molecule has 7 heteroatoms. The zero-order chi connectivity index (χ0) is 10.7. The predicted molar refractivity (Wildman–Crippen MR) is 50.9 cm³/mol. The van der Waals surface area contributed by atoms with Crippen LogP contribution >= 0.6 is 11.6 Å². The molecule has 0 bridgehead atoms. The van der Waals surface area contributed by atoms with Crippen molar-refractivity contribution in [2.45, 2.75) is 0 Å². The Labute approximate surface area is 86.6 Å². The van der Waals surface area contributed by atoms with Crippen LogP contribution in [0.2, 0.25) is 5.02 Å². The van der Waals surface area contributed by atoms with Crippen LogP contribution in [0.1, 0.15) is 10.4 Å². The van der Waals surface area contributed by atoms with E-state index < -0.39 is 16.9 Å². The number of amides is 1. The summed E-state index contributed by atoms with van der Waals surface area (Å²) in [4.78, 5) is 10.7. The Hall–Kier alpha value is -1.27. The van der Waals surface area contributed by atoms with E-state index in [-0.39, 0.29) is 16.3 Å². The fourth-order valence-corrected chi connectivity index (χ4v) is 1.40. The zero-order valence-electron chi connectivity index (χ0n) is 6.77. The normalized spacial score (nSPS) is 10.1. The molecule has 0 spiro atoms. The molecule has 0 heterocycles. The average Bonchev–Trinajstić information content (AvgIpc) is 2.07. The molecule has 1 aromatic carbocycles. The first-order chi connectivity index (χ1) is 6.50. The van der Waals surface area contributed by atoms with Crippen LogP contribution in [0, 0.1) is 0 Å². The highest BCUT2D eigenvalue weighted by molar-refractivity contribution is 7.67. The van der Waals surface area contributed by atoms with Crippen LogP contribution in [0.25, 0.3) is 0 Å². The van der Waals surface area contributed by atoms with Crippen LogP contribution < -0.4 is 9.92 Å². The van der Waals surface area contributed by atoms with Crippen molar-refractivity contribution in [1.82, 2.24) is 0 Å². The standard InChI is InChI=1S/C7H6ClNO4S/c8-5-3-4(7(9)10)1-2-6(5)13-14(11)12/h1-3,14H,(H2,9,10). The molecule has 0 aliphatic carbocycles. The highest BCUT2D eigenvalue weighted by atomic mass is 35.5. The summed E-state index contributed by atoms with van der Waals surface area (Å²) in [7, 11) is -3.02. The molecule has 1 rings (SSSR count). The minimum absolute atomic E-state index is 0.0144. The van der Waals surface area contributed by atoms with Crippen molar-refractivity contribution in [3.63, 3.8) is 0 Å². The number of carbonyl (C=O) groups is 1. The molecule has 0 saturated carbocycles. The van der Waals surface area contributed by atoms with Gasteiger partial charge in [0.1, 0.15) is 0 Å². The fraction of sp³-hybridized carbons (Fsp3) is 0. The van der Waals surface area contributed by atoms with E-state index in [1.807, 2.05) is 0 Å². The molecule has 0 aliphatic heterocycles. The molecular weight excluding hydrogens is 230 g/mol. The Kier molecular flexibility index (Phi) is 3.32. The van der Waals surface area contributed by atoms with Crippen molar-refractivity contribution in [3.8, 4) is 5.75 Å². The Morgan fingerprint density at radius 2 is 2.07 bits per heavy atom. The quantitative estimate of drug-likeness (QED) is 0.740. The van der Waals surface area contributed by atoms with Crippen molar-refractivity contribution in [3.05, 3.63) is 28.8 Å². The van der Waals surface area contributed by atoms with Gasteiger partial charge < -0.3 is 9.92 Å². The number of hydrogen-bond acceptors (Lipinski definition) is 4. The lowest BCUT2D eigenvalue weighted by molar-refractivity contribution is 0.100. The summed E-state index contributed by atoms with van der Waals surface area (Å²) < 4.78 is 24.8. The van der Waals surface area contributed by atoms with Crippen LogP contribution in [0.3, 0.4) is 0 Å². The Balaban J connectivity index is 3.07. The first kappa shape index (κ1) is 10.8.